The Morgan fingerprint density at radius 3 is 2.79 bits per heavy atom. The Morgan fingerprint density at radius 1 is 1.07 bits per heavy atom. The quantitative estimate of drug-likeness (QED) is 0.513. The average Bonchev–Trinajstić information content (AvgIpc) is 3.10. The highest BCUT2D eigenvalue weighted by molar-refractivity contribution is 5.80. The number of nitrogens with zero attached hydrogens (tertiary/aromatic N) is 3. The van der Waals surface area contributed by atoms with Gasteiger partial charge in [0.25, 0.3) is 0 Å². The molecule has 0 saturated carbocycles. The zero-order valence-corrected chi connectivity index (χ0v) is 15.9. The van der Waals surface area contributed by atoms with Crippen LogP contribution in [0.4, 0.5) is 4.39 Å². The molecule has 0 unspecified atom stereocenters. The van der Waals surface area contributed by atoms with Crippen LogP contribution in [0.2, 0.25) is 0 Å². The first-order chi connectivity index (χ1) is 13.6. The summed E-state index contributed by atoms with van der Waals surface area (Å²) in [7, 11) is 1.63. The minimum atomic E-state index is -0.425. The number of halogens is 1. The fourth-order valence-corrected chi connectivity index (χ4v) is 3.35. The molecule has 142 valence electrons. The van der Waals surface area contributed by atoms with Gasteiger partial charge in [0.1, 0.15) is 11.4 Å². The zero-order chi connectivity index (χ0) is 19.5. The highest BCUT2D eigenvalue weighted by atomic mass is 19.1. The van der Waals surface area contributed by atoms with Gasteiger partial charge in [0.15, 0.2) is 0 Å². The first kappa shape index (κ1) is 18.1. The number of ether oxygens (including phenoxy) is 1. The van der Waals surface area contributed by atoms with Gasteiger partial charge in [-0.05, 0) is 49.1 Å². The van der Waals surface area contributed by atoms with E-state index in [1.807, 2.05) is 37.5 Å². The minimum absolute atomic E-state index is 0.425. The minimum Gasteiger partial charge on any atom is -0.496 e. The third kappa shape index (κ3) is 3.71. The van der Waals surface area contributed by atoms with Crippen LogP contribution >= 0.6 is 0 Å². The number of rotatable bonds is 6. The van der Waals surface area contributed by atoms with E-state index in [4.69, 9.17) is 4.74 Å². The monoisotopic (exact) mass is 376 g/mol. The number of hydrogen-bond donors (Lipinski definition) is 1. The molecule has 0 fully saturated rings. The number of H-pyrrole nitrogens is 1. The van der Waals surface area contributed by atoms with E-state index >= 15 is 0 Å². The van der Waals surface area contributed by atoms with E-state index in [0.29, 0.717) is 30.5 Å². The fourth-order valence-electron chi connectivity index (χ4n) is 3.35. The van der Waals surface area contributed by atoms with Crippen LogP contribution in [0, 0.1) is 12.9 Å². The summed E-state index contributed by atoms with van der Waals surface area (Å²) >= 11 is 0. The molecule has 0 aliphatic carbocycles. The van der Waals surface area contributed by atoms with Gasteiger partial charge in [0.05, 0.1) is 7.11 Å². The van der Waals surface area contributed by atoms with Crippen molar-refractivity contribution in [3.63, 3.8) is 0 Å². The van der Waals surface area contributed by atoms with Crippen molar-refractivity contribution in [2.75, 3.05) is 7.11 Å². The maximum atomic E-state index is 14.6. The third-order valence-corrected chi connectivity index (χ3v) is 4.85. The van der Waals surface area contributed by atoms with E-state index in [0.717, 1.165) is 33.5 Å². The Kier molecular flexibility index (Phi) is 5.02. The Balaban J connectivity index is 1.50. The summed E-state index contributed by atoms with van der Waals surface area (Å²) in [5, 5.41) is 1.02. The number of pyridine rings is 3. The SMILES string of the molecule is COc1ccncc1CCc1ccc(Cc2c[nH]c3ncc(C)cc23)c(F)n1. The van der Waals surface area contributed by atoms with Gasteiger partial charge in [0, 0.05) is 53.4 Å². The first-order valence-electron chi connectivity index (χ1n) is 9.18. The zero-order valence-electron chi connectivity index (χ0n) is 15.9. The van der Waals surface area contributed by atoms with E-state index in [-0.39, 0.29) is 0 Å². The van der Waals surface area contributed by atoms with Crippen LogP contribution in [-0.2, 0) is 19.3 Å². The molecule has 4 heterocycles. The fraction of sp³-hybridized carbons (Fsp3) is 0.227. The third-order valence-electron chi connectivity index (χ3n) is 4.85. The predicted molar refractivity (Wildman–Crippen MR) is 106 cm³/mol. The van der Waals surface area contributed by atoms with Crippen LogP contribution in [0.25, 0.3) is 11.0 Å². The summed E-state index contributed by atoms with van der Waals surface area (Å²) in [4.78, 5) is 15.8. The lowest BCUT2D eigenvalue weighted by Crippen LogP contribution is -2.02. The van der Waals surface area contributed by atoms with Gasteiger partial charge in [-0.3, -0.25) is 4.98 Å². The number of fused-ring (bicyclic) bond motifs is 1. The molecule has 6 heteroatoms. The second kappa shape index (κ2) is 7.76. The lowest BCUT2D eigenvalue weighted by atomic mass is 10.0. The standard InChI is InChI=1S/C22H21FN4O/c1-14-9-19-17(13-26-22(19)25-11-14)10-15-3-5-18(27-21(15)23)6-4-16-12-24-8-7-20(16)28-2/h3,5,7-9,11-13H,4,6,10H2,1-2H3,(H,25,26). The Bertz CT molecular complexity index is 1120. The van der Waals surface area contributed by atoms with Gasteiger partial charge >= 0.3 is 0 Å². The highest BCUT2D eigenvalue weighted by Gasteiger charge is 2.11. The maximum Gasteiger partial charge on any atom is 0.216 e. The van der Waals surface area contributed by atoms with Crippen molar-refractivity contribution >= 4 is 11.0 Å². The molecule has 0 amide bonds. The van der Waals surface area contributed by atoms with Crippen LogP contribution in [0.5, 0.6) is 5.75 Å². The van der Waals surface area contributed by atoms with E-state index in [2.05, 4.69) is 26.0 Å². The topological polar surface area (TPSA) is 63.7 Å². The summed E-state index contributed by atoms with van der Waals surface area (Å²) in [6.07, 6.45) is 8.95. The van der Waals surface area contributed by atoms with E-state index in [1.54, 1.807) is 19.5 Å². The van der Waals surface area contributed by atoms with Crippen molar-refractivity contribution in [3.8, 4) is 5.75 Å². The van der Waals surface area contributed by atoms with Gasteiger partial charge < -0.3 is 9.72 Å². The summed E-state index contributed by atoms with van der Waals surface area (Å²) < 4.78 is 20.0. The second-order valence-corrected chi connectivity index (χ2v) is 6.84. The molecule has 0 aromatic carbocycles. The summed E-state index contributed by atoms with van der Waals surface area (Å²) in [5.41, 5.74) is 5.18. The Morgan fingerprint density at radius 2 is 1.96 bits per heavy atom. The van der Waals surface area contributed by atoms with Gasteiger partial charge in [-0.1, -0.05) is 6.07 Å². The molecule has 0 spiro atoms. The van der Waals surface area contributed by atoms with E-state index in [9.17, 15) is 4.39 Å². The molecule has 28 heavy (non-hydrogen) atoms. The molecule has 0 bridgehead atoms. The average molecular weight is 376 g/mol. The van der Waals surface area contributed by atoms with Gasteiger partial charge in [-0.15, -0.1) is 0 Å². The molecule has 5 nitrogen and oxygen atoms in total. The number of methoxy groups -OCH3 is 1. The summed E-state index contributed by atoms with van der Waals surface area (Å²) in [6, 6.07) is 7.60. The number of aromatic nitrogens is 4. The van der Waals surface area contributed by atoms with Crippen molar-refractivity contribution in [2.45, 2.75) is 26.2 Å². The highest BCUT2D eigenvalue weighted by Crippen LogP contribution is 2.22. The molecule has 0 saturated heterocycles. The first-order valence-corrected chi connectivity index (χ1v) is 9.18. The number of aryl methyl sites for hydroxylation is 3. The van der Waals surface area contributed by atoms with E-state index in [1.165, 1.54) is 0 Å². The number of hydrogen-bond acceptors (Lipinski definition) is 4. The molecule has 1 N–H and O–H groups in total. The van der Waals surface area contributed by atoms with Crippen LogP contribution < -0.4 is 4.74 Å². The summed E-state index contributed by atoms with van der Waals surface area (Å²) in [6.45, 7) is 2.00. The molecule has 0 aliphatic heterocycles. The normalized spacial score (nSPS) is 11.1. The van der Waals surface area contributed by atoms with Crippen molar-refractivity contribution in [1.82, 2.24) is 19.9 Å². The van der Waals surface area contributed by atoms with Crippen LogP contribution in [0.1, 0.15) is 27.9 Å². The summed E-state index contributed by atoms with van der Waals surface area (Å²) in [5.74, 6) is 0.362. The number of nitrogens with one attached hydrogen (secondary N) is 1. The molecular weight excluding hydrogens is 355 g/mol. The maximum absolute atomic E-state index is 14.6. The Labute approximate surface area is 162 Å². The van der Waals surface area contributed by atoms with Crippen molar-refractivity contribution in [3.05, 3.63) is 82.9 Å². The smallest absolute Gasteiger partial charge is 0.216 e. The molecule has 4 aromatic heterocycles. The molecule has 0 atom stereocenters. The second-order valence-electron chi connectivity index (χ2n) is 6.84. The van der Waals surface area contributed by atoms with Crippen LogP contribution in [0.3, 0.4) is 0 Å². The van der Waals surface area contributed by atoms with Crippen LogP contribution in [0.15, 0.2) is 49.1 Å². The molecular formula is C22H21FN4O. The van der Waals surface area contributed by atoms with Crippen LogP contribution in [-0.4, -0.2) is 27.0 Å². The van der Waals surface area contributed by atoms with Gasteiger partial charge in [0.2, 0.25) is 5.95 Å². The Hall–Kier alpha value is -3.28. The lowest BCUT2D eigenvalue weighted by Gasteiger charge is -2.08. The van der Waals surface area contributed by atoms with Crippen molar-refractivity contribution in [1.29, 1.82) is 0 Å². The molecule has 4 rings (SSSR count). The molecule has 0 radical (unpaired) electrons. The largest absolute Gasteiger partial charge is 0.496 e. The van der Waals surface area contributed by atoms with Crippen molar-refractivity contribution in [2.24, 2.45) is 0 Å². The van der Waals surface area contributed by atoms with Gasteiger partial charge in [-0.25, -0.2) is 9.97 Å². The predicted octanol–water partition coefficient (Wildman–Crippen LogP) is 4.19. The number of aromatic amines is 1. The molecule has 4 aromatic rings. The van der Waals surface area contributed by atoms with Gasteiger partial charge in [-0.2, -0.15) is 4.39 Å². The molecule has 0 aliphatic rings. The van der Waals surface area contributed by atoms with Crippen molar-refractivity contribution < 1.29 is 9.13 Å². The van der Waals surface area contributed by atoms with E-state index < -0.39 is 5.95 Å². The lowest BCUT2D eigenvalue weighted by molar-refractivity contribution is 0.408.